The standard InChI is InChI=1S/2C46H28O/c1-2-13-30(14-3-1)44-36-16-6-8-18-38(36)45(39-19-9-7-17-37(39)44)41-22-11-23-42-46(41)40-27-25-31(28-43(40)47-42)33-20-10-21-34-32-15-5-4-12-29(32)24-26-35(33)34;1-2-13-29(14-3-1)44-35-19-8-10-21-37(35)45(38-22-11-9-20-36(38)44)39-23-12-24-43-46(39)41-28-31(25-26-42(41)47-43)40-27-30-15-4-5-16-32(30)33-17-6-7-18-34(33)40/h2*1-28H/i1D,2D,3D,6D,7D,8D,9D,13D,14D,16D,17D,18D,19D;1D,2D,3D,8D,9D,10D,11D,13D,14D,19D,20D,21D,22D. The maximum Gasteiger partial charge on any atom is 0.136 e. The zero-order chi connectivity index (χ0) is 84.4. The van der Waals surface area contributed by atoms with Crippen molar-refractivity contribution < 1.29 is 44.5 Å². The Balaban J connectivity index is 0.000000159. The van der Waals surface area contributed by atoms with Crippen LogP contribution < -0.4 is 0 Å². The molecule has 0 aliphatic heterocycles. The molecule has 0 fully saturated rings. The van der Waals surface area contributed by atoms with Crippen LogP contribution in [0.5, 0.6) is 0 Å². The average Bonchev–Trinajstić information content (AvgIpc) is 0.890. The highest BCUT2D eigenvalue weighted by atomic mass is 16.3. The quantitative estimate of drug-likeness (QED) is 0.123. The molecule has 0 saturated heterocycles. The second-order valence-corrected chi connectivity index (χ2v) is 22.9. The van der Waals surface area contributed by atoms with Gasteiger partial charge in [0.2, 0.25) is 0 Å². The second kappa shape index (κ2) is 21.7. The summed E-state index contributed by atoms with van der Waals surface area (Å²) in [6.45, 7) is 0. The van der Waals surface area contributed by atoms with Crippen LogP contribution in [0.15, 0.2) is 348 Å². The Hall–Kier alpha value is -12.4. The topological polar surface area (TPSA) is 26.3 Å². The molecular formula is C92H56O2. The molecule has 0 N–H and O–H groups in total. The van der Waals surface area contributed by atoms with E-state index >= 15 is 0 Å². The van der Waals surface area contributed by atoms with Gasteiger partial charge in [-0.15, -0.1) is 0 Å². The van der Waals surface area contributed by atoms with Crippen LogP contribution >= 0.6 is 0 Å². The first-order valence-corrected chi connectivity index (χ1v) is 30.2. The molecule has 0 radical (unpaired) electrons. The molecule has 0 atom stereocenters. The predicted octanol–water partition coefficient (Wildman–Crippen LogP) is 26.4. The zero-order valence-corrected chi connectivity index (χ0v) is 49.1. The molecule has 0 aliphatic carbocycles. The minimum absolute atomic E-state index is 0.0463. The Morgan fingerprint density at radius 2 is 0.585 bits per heavy atom. The summed E-state index contributed by atoms with van der Waals surface area (Å²) in [6.07, 6.45) is 0. The summed E-state index contributed by atoms with van der Waals surface area (Å²) in [7, 11) is 0. The summed E-state index contributed by atoms with van der Waals surface area (Å²) >= 11 is 0. The number of benzene rings is 18. The second-order valence-electron chi connectivity index (χ2n) is 22.9. The van der Waals surface area contributed by atoms with E-state index in [-0.39, 0.29) is 65.3 Å². The molecule has 2 nitrogen and oxygen atoms in total. The zero-order valence-electron chi connectivity index (χ0n) is 75.1. The smallest absolute Gasteiger partial charge is 0.136 e. The van der Waals surface area contributed by atoms with Gasteiger partial charge >= 0.3 is 0 Å². The Morgan fingerprint density at radius 1 is 0.191 bits per heavy atom. The van der Waals surface area contributed by atoms with Gasteiger partial charge in [0.1, 0.15) is 22.3 Å². The van der Waals surface area contributed by atoms with Crippen molar-refractivity contribution in [3.8, 4) is 66.8 Å². The first-order chi connectivity index (χ1) is 57.4. The third-order valence-electron chi connectivity index (χ3n) is 18.0. The number of fused-ring (bicyclic) bond motifs is 16. The molecule has 436 valence electrons. The molecule has 94 heavy (non-hydrogen) atoms. The summed E-state index contributed by atoms with van der Waals surface area (Å²) in [5, 5.41) is 9.27. The van der Waals surface area contributed by atoms with Crippen molar-refractivity contribution in [1.82, 2.24) is 0 Å². The van der Waals surface area contributed by atoms with E-state index in [2.05, 4.69) is 60.7 Å². The Kier molecular flexibility index (Phi) is 7.75. The third kappa shape index (κ3) is 8.43. The van der Waals surface area contributed by atoms with Gasteiger partial charge in [-0.25, -0.2) is 0 Å². The maximum absolute atomic E-state index is 9.42. The van der Waals surface area contributed by atoms with Gasteiger partial charge < -0.3 is 8.83 Å². The molecule has 20 aromatic rings. The van der Waals surface area contributed by atoms with Crippen LogP contribution in [0.1, 0.15) is 35.6 Å². The largest absolute Gasteiger partial charge is 0.456 e. The fraction of sp³-hybridized carbons (Fsp3) is 0. The maximum atomic E-state index is 9.42. The molecule has 0 aliphatic rings. The first kappa shape index (κ1) is 33.6. The molecule has 0 bridgehead atoms. The van der Waals surface area contributed by atoms with Crippen LogP contribution in [0.3, 0.4) is 0 Å². The van der Waals surface area contributed by atoms with Crippen LogP contribution in [0.2, 0.25) is 0 Å². The summed E-state index contributed by atoms with van der Waals surface area (Å²) in [5.74, 6) is 0. The summed E-state index contributed by atoms with van der Waals surface area (Å²) in [4.78, 5) is 0. The summed E-state index contributed by atoms with van der Waals surface area (Å²) in [6, 6.07) is 41.9. The molecule has 2 aromatic heterocycles. The van der Waals surface area contributed by atoms with E-state index in [1.54, 1.807) is 36.4 Å². The molecule has 2 heteroatoms. The van der Waals surface area contributed by atoms with Crippen molar-refractivity contribution in [2.75, 3.05) is 0 Å². The third-order valence-corrected chi connectivity index (χ3v) is 18.0. The lowest BCUT2D eigenvalue weighted by molar-refractivity contribution is 0.668. The monoisotopic (exact) mass is 1220 g/mol. The van der Waals surface area contributed by atoms with Crippen molar-refractivity contribution in [1.29, 1.82) is 0 Å². The predicted molar refractivity (Wildman–Crippen MR) is 400 cm³/mol. The number of hydrogen-bond acceptors (Lipinski definition) is 2. The van der Waals surface area contributed by atoms with Crippen LogP contribution in [0, 0.1) is 0 Å². The molecule has 2 heterocycles. The van der Waals surface area contributed by atoms with Gasteiger partial charge in [-0.1, -0.05) is 297 Å². The summed E-state index contributed by atoms with van der Waals surface area (Å²) in [5.41, 5.74) is 4.69. The van der Waals surface area contributed by atoms with Gasteiger partial charge in [0.25, 0.3) is 0 Å². The van der Waals surface area contributed by atoms with Crippen molar-refractivity contribution in [3.05, 3.63) is 339 Å². The molecule has 18 aromatic carbocycles. The van der Waals surface area contributed by atoms with Crippen LogP contribution in [0.25, 0.3) is 197 Å². The highest BCUT2D eigenvalue weighted by Crippen LogP contribution is 2.50. The fourth-order valence-electron chi connectivity index (χ4n) is 14.0. The SMILES string of the molecule is [2H]c1c([2H])c([2H])c(-c2c3c([2H])c([2H])c([2H])c([2H])c3c(-c3cccc4oc5cc(-c6cccc7c6ccc6ccccc67)ccc5c34)c3c([2H])c([2H])c([2H])c([2H])c23)c([2H])c1[2H].[2H]c1c([2H])c([2H])c(-c2c3c([2H])c([2H])c([2H])c([2H])c3c(-c3cccc4oc5ccc(-c6cc7ccccc7c7ccccc67)cc5c34)c3c([2H])c([2H])c([2H])c([2H])c23)c([2H])c1[2H]. The van der Waals surface area contributed by atoms with E-state index in [1.165, 1.54) is 0 Å². The fourth-order valence-corrected chi connectivity index (χ4v) is 14.0. The van der Waals surface area contributed by atoms with E-state index in [0.717, 1.165) is 65.3 Å². The molecule has 0 unspecified atom stereocenters. The molecule has 0 saturated carbocycles. The Bertz CT molecular complexity index is 7910. The number of furan rings is 2. The van der Waals surface area contributed by atoms with Gasteiger partial charge in [-0.3, -0.25) is 0 Å². The van der Waals surface area contributed by atoms with E-state index in [0.29, 0.717) is 55.0 Å². The van der Waals surface area contributed by atoms with E-state index in [4.69, 9.17) is 33.5 Å². The number of rotatable bonds is 6. The van der Waals surface area contributed by atoms with Crippen molar-refractivity contribution >= 4 is 130 Å². The lowest BCUT2D eigenvalue weighted by atomic mass is 9.85. The van der Waals surface area contributed by atoms with Crippen LogP contribution in [-0.4, -0.2) is 0 Å². The molecular weight excluding hydrogens is 1140 g/mol. The Labute approximate surface area is 578 Å². The van der Waals surface area contributed by atoms with Crippen molar-refractivity contribution in [3.63, 3.8) is 0 Å². The van der Waals surface area contributed by atoms with Gasteiger partial charge in [-0.2, -0.15) is 0 Å². The van der Waals surface area contributed by atoms with Crippen molar-refractivity contribution in [2.45, 2.75) is 0 Å². The van der Waals surface area contributed by atoms with Gasteiger partial charge in [0.05, 0.1) is 35.6 Å². The van der Waals surface area contributed by atoms with Crippen molar-refractivity contribution in [2.24, 2.45) is 0 Å². The highest BCUT2D eigenvalue weighted by Gasteiger charge is 2.24. The molecule has 20 rings (SSSR count). The first-order valence-electron chi connectivity index (χ1n) is 43.2. The number of hydrogen-bond donors (Lipinski definition) is 0. The lowest BCUT2D eigenvalue weighted by Gasteiger charge is -2.18. The van der Waals surface area contributed by atoms with E-state index < -0.39 is 168 Å². The van der Waals surface area contributed by atoms with E-state index in [9.17, 15) is 11.0 Å². The molecule has 0 amide bonds. The van der Waals surface area contributed by atoms with Crippen LogP contribution in [0.4, 0.5) is 0 Å². The average molecular weight is 1220 g/mol. The summed E-state index contributed by atoms with van der Waals surface area (Å²) < 4.78 is 244. The normalized spacial score (nSPS) is 15.7. The van der Waals surface area contributed by atoms with Gasteiger partial charge in [-0.05, 0) is 195 Å². The minimum Gasteiger partial charge on any atom is -0.456 e. The Morgan fingerprint density at radius 3 is 1.15 bits per heavy atom. The van der Waals surface area contributed by atoms with Gasteiger partial charge in [0.15, 0.2) is 0 Å². The highest BCUT2D eigenvalue weighted by molar-refractivity contribution is 6.28. The van der Waals surface area contributed by atoms with E-state index in [1.807, 2.05) is 84.9 Å². The molecule has 0 spiro atoms. The van der Waals surface area contributed by atoms with Crippen LogP contribution in [-0.2, 0) is 0 Å². The van der Waals surface area contributed by atoms with Gasteiger partial charge in [0, 0.05) is 21.5 Å². The lowest BCUT2D eigenvalue weighted by Crippen LogP contribution is -1.91. The minimum atomic E-state index is -0.720.